The molecule has 7 nitrogen and oxygen atoms in total. The molecule has 0 radical (unpaired) electrons. The third kappa shape index (κ3) is 1.86. The number of carbonyl (C=O) groups is 2. The molecule has 1 aromatic rings. The summed E-state index contributed by atoms with van der Waals surface area (Å²) in [6.07, 6.45) is 3.40. The van der Waals surface area contributed by atoms with Gasteiger partial charge >= 0.3 is 0 Å². The summed E-state index contributed by atoms with van der Waals surface area (Å²) in [6.45, 7) is 0. The molecule has 23 heavy (non-hydrogen) atoms. The molecule has 4 rings (SSSR count). The van der Waals surface area contributed by atoms with Crippen molar-refractivity contribution in [3.8, 4) is 0 Å². The van der Waals surface area contributed by atoms with Gasteiger partial charge < -0.3 is 5.11 Å². The summed E-state index contributed by atoms with van der Waals surface area (Å²) in [4.78, 5) is 36.2. The lowest BCUT2D eigenvalue weighted by molar-refractivity contribution is -0.384. The molecule has 2 aliphatic carbocycles. The predicted octanol–water partition coefficient (Wildman–Crippen LogP) is 1.39. The van der Waals surface area contributed by atoms with Crippen LogP contribution < -0.4 is 0 Å². The molecule has 1 aromatic carbocycles. The number of hydrogen-bond acceptors (Lipinski definition) is 5. The van der Waals surface area contributed by atoms with Crippen LogP contribution in [0.1, 0.15) is 18.2 Å². The van der Waals surface area contributed by atoms with E-state index >= 15 is 0 Å². The Morgan fingerprint density at radius 1 is 1.09 bits per heavy atom. The third-order valence-corrected chi connectivity index (χ3v) is 5.15. The Morgan fingerprint density at radius 2 is 1.61 bits per heavy atom. The minimum atomic E-state index is -1.40. The highest BCUT2D eigenvalue weighted by Gasteiger charge is 2.60. The first-order chi connectivity index (χ1) is 11.0. The van der Waals surface area contributed by atoms with E-state index in [9.17, 15) is 24.8 Å². The Labute approximate surface area is 131 Å². The zero-order chi connectivity index (χ0) is 16.3. The number of nitrogens with zero attached hydrogens (tertiary/aromatic N) is 2. The molecule has 5 atom stereocenters. The van der Waals surface area contributed by atoms with Crippen molar-refractivity contribution in [2.75, 3.05) is 0 Å². The maximum atomic E-state index is 12.6. The molecule has 118 valence electrons. The van der Waals surface area contributed by atoms with Crippen molar-refractivity contribution in [3.63, 3.8) is 0 Å². The standard InChI is InChI=1S/C16H14N2O5/c19-14(8-3-5-11(6-4-8)18(22)23)17-15(20)12-9-1-2-10(7-9)13(12)16(17)21/h1-6,9-10,12-14,19H,7H2/t9-,10-,12-,13+,14-/m0/s1. The zero-order valence-electron chi connectivity index (χ0n) is 12.0. The molecule has 1 N–H and O–H groups in total. The van der Waals surface area contributed by atoms with Gasteiger partial charge in [0.25, 0.3) is 5.69 Å². The van der Waals surface area contributed by atoms with Gasteiger partial charge in [0.2, 0.25) is 11.8 Å². The van der Waals surface area contributed by atoms with E-state index in [4.69, 9.17) is 0 Å². The highest BCUT2D eigenvalue weighted by molar-refractivity contribution is 6.06. The van der Waals surface area contributed by atoms with Crippen LogP contribution in [0.2, 0.25) is 0 Å². The van der Waals surface area contributed by atoms with Crippen LogP contribution in [0.5, 0.6) is 0 Å². The average Bonchev–Trinajstić information content (AvgIpc) is 3.21. The summed E-state index contributed by atoms with van der Waals surface area (Å²) < 4.78 is 0. The van der Waals surface area contributed by atoms with Gasteiger partial charge in [-0.15, -0.1) is 0 Å². The lowest BCUT2D eigenvalue weighted by Gasteiger charge is -2.23. The molecule has 0 unspecified atom stereocenters. The molecule has 2 amide bonds. The van der Waals surface area contributed by atoms with Crippen LogP contribution in [0.15, 0.2) is 36.4 Å². The first-order valence-corrected chi connectivity index (χ1v) is 7.46. The normalized spacial score (nSPS) is 32.5. The molecule has 0 aromatic heterocycles. The fraction of sp³-hybridized carbons (Fsp3) is 0.375. The molecule has 2 bridgehead atoms. The molecule has 0 spiro atoms. The molecular formula is C16H14N2O5. The molecular weight excluding hydrogens is 300 g/mol. The van der Waals surface area contributed by atoms with Gasteiger partial charge in [-0.2, -0.15) is 0 Å². The highest BCUT2D eigenvalue weighted by atomic mass is 16.6. The second kappa shape index (κ2) is 4.73. The second-order valence-corrected chi connectivity index (χ2v) is 6.27. The Bertz CT molecular complexity index is 711. The average molecular weight is 314 g/mol. The van der Waals surface area contributed by atoms with Gasteiger partial charge in [0.15, 0.2) is 6.23 Å². The minimum Gasteiger partial charge on any atom is -0.369 e. The largest absolute Gasteiger partial charge is 0.369 e. The number of aliphatic hydroxyl groups is 1. The van der Waals surface area contributed by atoms with Crippen molar-refractivity contribution in [1.82, 2.24) is 4.90 Å². The van der Waals surface area contributed by atoms with Gasteiger partial charge in [0.05, 0.1) is 16.8 Å². The van der Waals surface area contributed by atoms with E-state index in [0.29, 0.717) is 0 Å². The highest BCUT2D eigenvalue weighted by Crippen LogP contribution is 2.53. The van der Waals surface area contributed by atoms with Gasteiger partial charge in [-0.3, -0.25) is 24.6 Å². The van der Waals surface area contributed by atoms with Crippen molar-refractivity contribution in [2.45, 2.75) is 12.6 Å². The summed E-state index contributed by atoms with van der Waals surface area (Å²) in [5.74, 6) is -1.27. The molecule has 7 heteroatoms. The van der Waals surface area contributed by atoms with E-state index in [1.54, 1.807) is 0 Å². The van der Waals surface area contributed by atoms with E-state index in [1.165, 1.54) is 24.3 Å². The fourth-order valence-corrected chi connectivity index (χ4v) is 4.08. The van der Waals surface area contributed by atoms with Crippen LogP contribution in [0, 0.1) is 33.8 Å². The summed E-state index contributed by atoms with van der Waals surface area (Å²) in [5.41, 5.74) is 0.178. The van der Waals surface area contributed by atoms with Gasteiger partial charge in [-0.25, -0.2) is 0 Å². The fourth-order valence-electron chi connectivity index (χ4n) is 4.08. The maximum absolute atomic E-state index is 12.6. The minimum absolute atomic E-state index is 0.0792. The van der Waals surface area contributed by atoms with Crippen LogP contribution in [0.3, 0.4) is 0 Å². The van der Waals surface area contributed by atoms with Crippen molar-refractivity contribution in [2.24, 2.45) is 23.7 Å². The van der Waals surface area contributed by atoms with E-state index in [0.717, 1.165) is 11.3 Å². The third-order valence-electron chi connectivity index (χ3n) is 5.15. The predicted molar refractivity (Wildman–Crippen MR) is 77.6 cm³/mol. The molecule has 1 saturated carbocycles. The summed E-state index contributed by atoms with van der Waals surface area (Å²) >= 11 is 0. The summed E-state index contributed by atoms with van der Waals surface area (Å²) in [5, 5.41) is 21.1. The zero-order valence-corrected chi connectivity index (χ0v) is 12.0. The summed E-state index contributed by atoms with van der Waals surface area (Å²) in [6, 6.07) is 5.22. The lowest BCUT2D eigenvalue weighted by atomic mass is 9.85. The number of fused-ring (bicyclic) bond motifs is 5. The van der Waals surface area contributed by atoms with Crippen LogP contribution in [0.4, 0.5) is 5.69 Å². The van der Waals surface area contributed by atoms with Gasteiger partial charge in [-0.05, 0) is 30.4 Å². The number of carbonyl (C=O) groups excluding carboxylic acids is 2. The number of allylic oxidation sites excluding steroid dienone is 2. The smallest absolute Gasteiger partial charge is 0.269 e. The molecule has 3 aliphatic rings. The van der Waals surface area contributed by atoms with Crippen LogP contribution in [-0.2, 0) is 9.59 Å². The number of nitro benzene ring substituents is 1. The van der Waals surface area contributed by atoms with Crippen LogP contribution in [0.25, 0.3) is 0 Å². The van der Waals surface area contributed by atoms with E-state index in [1.807, 2.05) is 12.2 Å². The number of benzene rings is 1. The SMILES string of the molecule is O=C1[C@@H]2[C@H](C(=O)N1[C@@H](O)c1ccc([N+](=O)[O-])cc1)[C@H]1C=C[C@H]2C1. The Balaban J connectivity index is 1.62. The van der Waals surface area contributed by atoms with Crippen LogP contribution >= 0.6 is 0 Å². The second-order valence-electron chi connectivity index (χ2n) is 6.27. The van der Waals surface area contributed by atoms with Crippen molar-refractivity contribution < 1.29 is 19.6 Å². The number of imide groups is 1. The Kier molecular flexibility index (Phi) is 2.89. The maximum Gasteiger partial charge on any atom is 0.269 e. The summed E-state index contributed by atoms with van der Waals surface area (Å²) in [7, 11) is 0. The van der Waals surface area contributed by atoms with Gasteiger partial charge in [-0.1, -0.05) is 12.2 Å². The van der Waals surface area contributed by atoms with Crippen LogP contribution in [-0.4, -0.2) is 26.7 Å². The Hall–Kier alpha value is -2.54. The van der Waals surface area contributed by atoms with E-state index in [-0.39, 0.29) is 46.7 Å². The molecule has 1 heterocycles. The van der Waals surface area contributed by atoms with Gasteiger partial charge in [0, 0.05) is 17.7 Å². The number of nitro groups is 1. The number of hydrogen-bond donors (Lipinski definition) is 1. The number of rotatable bonds is 3. The Morgan fingerprint density at radius 3 is 2.09 bits per heavy atom. The first-order valence-electron chi connectivity index (χ1n) is 7.46. The van der Waals surface area contributed by atoms with Crippen molar-refractivity contribution >= 4 is 17.5 Å². The molecule has 1 saturated heterocycles. The molecule has 2 fully saturated rings. The van der Waals surface area contributed by atoms with Crippen molar-refractivity contribution in [1.29, 1.82) is 0 Å². The van der Waals surface area contributed by atoms with E-state index < -0.39 is 11.2 Å². The van der Waals surface area contributed by atoms with E-state index in [2.05, 4.69) is 0 Å². The number of amides is 2. The van der Waals surface area contributed by atoms with Gasteiger partial charge in [0.1, 0.15) is 0 Å². The topological polar surface area (TPSA) is 101 Å². The lowest BCUT2D eigenvalue weighted by Crippen LogP contribution is -2.36. The number of non-ortho nitro benzene ring substituents is 1. The first kappa shape index (κ1) is 14.1. The van der Waals surface area contributed by atoms with Crippen molar-refractivity contribution in [3.05, 3.63) is 52.1 Å². The monoisotopic (exact) mass is 314 g/mol. The number of likely N-dealkylation sites (tertiary alicyclic amines) is 1. The molecule has 1 aliphatic heterocycles. The number of aliphatic hydroxyl groups excluding tert-OH is 1. The quantitative estimate of drug-likeness (QED) is 0.393.